The van der Waals surface area contributed by atoms with Crippen molar-refractivity contribution in [1.82, 2.24) is 5.32 Å². The molecule has 1 unspecified atom stereocenters. The van der Waals surface area contributed by atoms with Crippen LogP contribution in [0.25, 0.3) is 0 Å². The van der Waals surface area contributed by atoms with Crippen LogP contribution in [0.4, 0.5) is 5.69 Å². The van der Waals surface area contributed by atoms with Crippen molar-refractivity contribution in [3.63, 3.8) is 0 Å². The van der Waals surface area contributed by atoms with Gasteiger partial charge in [-0.2, -0.15) is 0 Å². The fraction of sp³-hybridized carbons (Fsp3) is 0.294. The van der Waals surface area contributed by atoms with Gasteiger partial charge in [0.25, 0.3) is 5.69 Å². The minimum absolute atomic E-state index is 0.0618. The smallest absolute Gasteiger partial charge is 0.272 e. The fourth-order valence-corrected chi connectivity index (χ4v) is 2.67. The van der Waals surface area contributed by atoms with E-state index in [1.165, 1.54) is 16.7 Å². The lowest BCUT2D eigenvalue weighted by Gasteiger charge is -2.19. The molecule has 0 fully saturated rings. The predicted molar refractivity (Wildman–Crippen MR) is 84.5 cm³/mol. The number of hydrogen-bond acceptors (Lipinski definition) is 3. The third-order valence-electron chi connectivity index (χ3n) is 3.76. The van der Waals surface area contributed by atoms with Crippen molar-refractivity contribution in [2.45, 2.75) is 26.3 Å². The van der Waals surface area contributed by atoms with E-state index >= 15 is 0 Å². The lowest BCUT2D eigenvalue weighted by molar-refractivity contribution is -0.385. The Morgan fingerprint density at radius 2 is 1.90 bits per heavy atom. The van der Waals surface area contributed by atoms with E-state index in [0.717, 1.165) is 5.56 Å². The van der Waals surface area contributed by atoms with Crippen molar-refractivity contribution in [3.8, 4) is 0 Å². The van der Waals surface area contributed by atoms with Gasteiger partial charge in [-0.25, -0.2) is 0 Å². The van der Waals surface area contributed by atoms with Gasteiger partial charge in [0.15, 0.2) is 0 Å². The predicted octanol–water partition coefficient (Wildman–Crippen LogP) is 3.71. The van der Waals surface area contributed by atoms with Gasteiger partial charge in [0, 0.05) is 17.7 Å². The van der Waals surface area contributed by atoms with Crippen LogP contribution in [0.15, 0.2) is 42.5 Å². The van der Waals surface area contributed by atoms with Gasteiger partial charge in [-0.15, -0.1) is 0 Å². The maximum absolute atomic E-state index is 11.1. The third-order valence-corrected chi connectivity index (χ3v) is 3.76. The molecular formula is C17H20N2O2. The standard InChI is InChI=1S/C17H20N2O2/c1-12-8-9-15(13(2)10-12)16(18-3)11-14-6-4-5-7-17(14)19(20)21/h4-10,16,18H,11H2,1-3H3. The number of hydrogen-bond donors (Lipinski definition) is 1. The average Bonchev–Trinajstić information content (AvgIpc) is 2.45. The minimum atomic E-state index is -0.315. The summed E-state index contributed by atoms with van der Waals surface area (Å²) in [6.07, 6.45) is 0.595. The number of para-hydroxylation sites is 1. The van der Waals surface area contributed by atoms with Gasteiger partial charge in [0.1, 0.15) is 0 Å². The number of benzene rings is 2. The molecular weight excluding hydrogens is 264 g/mol. The summed E-state index contributed by atoms with van der Waals surface area (Å²) in [5, 5.41) is 14.4. The molecule has 2 aromatic rings. The summed E-state index contributed by atoms with van der Waals surface area (Å²) in [7, 11) is 1.89. The van der Waals surface area contributed by atoms with Crippen LogP contribution in [0.5, 0.6) is 0 Å². The Labute approximate surface area is 125 Å². The molecule has 2 rings (SSSR count). The zero-order valence-electron chi connectivity index (χ0n) is 12.6. The van der Waals surface area contributed by atoms with E-state index in [2.05, 4.69) is 37.4 Å². The molecule has 0 aliphatic rings. The van der Waals surface area contributed by atoms with Gasteiger partial charge >= 0.3 is 0 Å². The first kappa shape index (κ1) is 15.2. The molecule has 0 aliphatic carbocycles. The number of likely N-dealkylation sites (N-methyl/N-ethyl adjacent to an activating group) is 1. The third kappa shape index (κ3) is 3.47. The second kappa shape index (κ2) is 6.50. The molecule has 2 aromatic carbocycles. The monoisotopic (exact) mass is 284 g/mol. The summed E-state index contributed by atoms with van der Waals surface area (Å²) in [6, 6.07) is 13.3. The van der Waals surface area contributed by atoms with E-state index in [1.807, 2.05) is 19.2 Å². The Hall–Kier alpha value is -2.20. The van der Waals surface area contributed by atoms with E-state index in [0.29, 0.717) is 6.42 Å². The van der Waals surface area contributed by atoms with Gasteiger partial charge in [0.2, 0.25) is 0 Å². The second-order valence-corrected chi connectivity index (χ2v) is 5.29. The molecule has 0 radical (unpaired) electrons. The number of aryl methyl sites for hydroxylation is 2. The lowest BCUT2D eigenvalue weighted by atomic mass is 9.94. The molecule has 0 saturated carbocycles. The maximum atomic E-state index is 11.1. The Balaban J connectivity index is 2.34. The summed E-state index contributed by atoms with van der Waals surface area (Å²) in [5.41, 5.74) is 4.54. The van der Waals surface area contributed by atoms with Gasteiger partial charge in [-0.1, -0.05) is 42.0 Å². The number of nitro groups is 1. The quantitative estimate of drug-likeness (QED) is 0.672. The molecule has 0 amide bonds. The van der Waals surface area contributed by atoms with Gasteiger partial charge < -0.3 is 5.32 Å². The molecule has 110 valence electrons. The number of nitrogens with zero attached hydrogens (tertiary/aromatic N) is 1. The molecule has 21 heavy (non-hydrogen) atoms. The van der Waals surface area contributed by atoms with E-state index in [4.69, 9.17) is 0 Å². The summed E-state index contributed by atoms with van der Waals surface area (Å²) in [5.74, 6) is 0. The molecule has 0 aromatic heterocycles. The van der Waals surface area contributed by atoms with Crippen LogP contribution in [0, 0.1) is 24.0 Å². The zero-order chi connectivity index (χ0) is 15.4. The highest BCUT2D eigenvalue weighted by Crippen LogP contribution is 2.26. The molecule has 0 bridgehead atoms. The average molecular weight is 284 g/mol. The van der Waals surface area contributed by atoms with Crippen LogP contribution in [-0.2, 0) is 6.42 Å². The summed E-state index contributed by atoms with van der Waals surface area (Å²) < 4.78 is 0. The van der Waals surface area contributed by atoms with Crippen molar-refractivity contribution in [1.29, 1.82) is 0 Å². The molecule has 4 nitrogen and oxygen atoms in total. The van der Waals surface area contributed by atoms with Crippen molar-refractivity contribution in [2.24, 2.45) is 0 Å². The first-order valence-electron chi connectivity index (χ1n) is 6.99. The Morgan fingerprint density at radius 1 is 1.19 bits per heavy atom. The Morgan fingerprint density at radius 3 is 2.52 bits per heavy atom. The molecule has 1 N–H and O–H groups in total. The first-order valence-corrected chi connectivity index (χ1v) is 6.99. The summed E-state index contributed by atoms with van der Waals surface area (Å²) in [6.45, 7) is 4.14. The van der Waals surface area contributed by atoms with Gasteiger partial charge in [-0.05, 0) is 38.4 Å². The van der Waals surface area contributed by atoms with Crippen LogP contribution in [-0.4, -0.2) is 12.0 Å². The fourth-order valence-electron chi connectivity index (χ4n) is 2.67. The van der Waals surface area contributed by atoms with E-state index in [9.17, 15) is 10.1 Å². The SMILES string of the molecule is CNC(Cc1ccccc1[N+](=O)[O-])c1ccc(C)cc1C. The van der Waals surface area contributed by atoms with Crippen LogP contribution in [0.1, 0.15) is 28.3 Å². The normalized spacial score (nSPS) is 12.1. The van der Waals surface area contributed by atoms with Crippen molar-refractivity contribution in [2.75, 3.05) is 7.05 Å². The van der Waals surface area contributed by atoms with E-state index < -0.39 is 0 Å². The van der Waals surface area contributed by atoms with E-state index in [1.54, 1.807) is 12.1 Å². The van der Waals surface area contributed by atoms with E-state index in [-0.39, 0.29) is 16.7 Å². The molecule has 0 saturated heterocycles. The van der Waals surface area contributed by atoms with Crippen molar-refractivity contribution in [3.05, 3.63) is 74.8 Å². The zero-order valence-corrected chi connectivity index (χ0v) is 12.6. The van der Waals surface area contributed by atoms with Crippen LogP contribution in [0.3, 0.4) is 0 Å². The molecule has 0 heterocycles. The number of nitrogens with one attached hydrogen (secondary N) is 1. The lowest BCUT2D eigenvalue weighted by Crippen LogP contribution is -2.20. The molecule has 0 aliphatic heterocycles. The molecule has 1 atom stereocenters. The first-order chi connectivity index (χ1) is 10.0. The summed E-state index contributed by atoms with van der Waals surface area (Å²) >= 11 is 0. The molecule has 0 spiro atoms. The van der Waals surface area contributed by atoms with Crippen LogP contribution in [0.2, 0.25) is 0 Å². The van der Waals surface area contributed by atoms with Crippen LogP contribution < -0.4 is 5.32 Å². The van der Waals surface area contributed by atoms with Gasteiger partial charge in [0.05, 0.1) is 4.92 Å². The Bertz CT molecular complexity index is 653. The highest BCUT2D eigenvalue weighted by atomic mass is 16.6. The highest BCUT2D eigenvalue weighted by molar-refractivity contribution is 5.42. The number of nitro benzene ring substituents is 1. The number of rotatable bonds is 5. The van der Waals surface area contributed by atoms with Gasteiger partial charge in [-0.3, -0.25) is 10.1 Å². The molecule has 4 heteroatoms. The largest absolute Gasteiger partial charge is 0.313 e. The van der Waals surface area contributed by atoms with Crippen molar-refractivity contribution >= 4 is 5.69 Å². The van der Waals surface area contributed by atoms with Crippen molar-refractivity contribution < 1.29 is 4.92 Å². The highest BCUT2D eigenvalue weighted by Gasteiger charge is 2.18. The second-order valence-electron chi connectivity index (χ2n) is 5.29. The van der Waals surface area contributed by atoms with Crippen LogP contribution >= 0.6 is 0 Å². The minimum Gasteiger partial charge on any atom is -0.313 e. The topological polar surface area (TPSA) is 55.2 Å². The maximum Gasteiger partial charge on any atom is 0.272 e. The Kier molecular flexibility index (Phi) is 4.70. The summed E-state index contributed by atoms with van der Waals surface area (Å²) in [4.78, 5) is 10.8.